The van der Waals surface area contributed by atoms with Gasteiger partial charge in [0.05, 0.1) is 0 Å². The van der Waals surface area contributed by atoms with E-state index in [0.717, 1.165) is 18.3 Å². The van der Waals surface area contributed by atoms with E-state index >= 15 is 0 Å². The Morgan fingerprint density at radius 3 is 2.36 bits per heavy atom. The first-order valence-electron chi connectivity index (χ1n) is 5.95. The van der Waals surface area contributed by atoms with Crippen LogP contribution in [0.4, 0.5) is 0 Å². The van der Waals surface area contributed by atoms with Crippen LogP contribution in [-0.4, -0.2) is 13.1 Å². The standard InChI is InChI=1S/C13H25N/c1-10(2)9-13(14-4)12-7-5-11(3)6-8-12/h11-14H,1,5-9H2,2-4H3. The van der Waals surface area contributed by atoms with Crippen LogP contribution in [0.5, 0.6) is 0 Å². The van der Waals surface area contributed by atoms with Crippen LogP contribution in [0.1, 0.15) is 46.0 Å². The summed E-state index contributed by atoms with van der Waals surface area (Å²) in [6, 6.07) is 0.667. The fourth-order valence-electron chi connectivity index (χ4n) is 2.57. The molecule has 0 radical (unpaired) electrons. The SMILES string of the molecule is C=C(C)CC(NC)C1CCC(C)CC1. The second kappa shape index (κ2) is 5.55. The van der Waals surface area contributed by atoms with Gasteiger partial charge in [-0.05, 0) is 45.1 Å². The Bertz CT molecular complexity index is 178. The lowest BCUT2D eigenvalue weighted by atomic mass is 9.78. The summed E-state index contributed by atoms with van der Waals surface area (Å²) in [7, 11) is 2.09. The summed E-state index contributed by atoms with van der Waals surface area (Å²) in [5.74, 6) is 1.83. The lowest BCUT2D eigenvalue weighted by Crippen LogP contribution is -2.35. The quantitative estimate of drug-likeness (QED) is 0.678. The van der Waals surface area contributed by atoms with Crippen molar-refractivity contribution in [3.63, 3.8) is 0 Å². The van der Waals surface area contributed by atoms with E-state index in [1.807, 2.05) is 0 Å². The highest BCUT2D eigenvalue weighted by Crippen LogP contribution is 2.31. The predicted molar refractivity (Wildman–Crippen MR) is 63.4 cm³/mol. The second-order valence-corrected chi connectivity index (χ2v) is 5.08. The minimum Gasteiger partial charge on any atom is -0.316 e. The van der Waals surface area contributed by atoms with Crippen molar-refractivity contribution in [3.05, 3.63) is 12.2 Å². The fourth-order valence-corrected chi connectivity index (χ4v) is 2.57. The molecule has 0 aromatic carbocycles. The largest absolute Gasteiger partial charge is 0.316 e. The molecule has 1 N–H and O–H groups in total. The van der Waals surface area contributed by atoms with Gasteiger partial charge in [0, 0.05) is 6.04 Å². The third-order valence-corrected chi connectivity index (χ3v) is 3.57. The third-order valence-electron chi connectivity index (χ3n) is 3.57. The lowest BCUT2D eigenvalue weighted by Gasteiger charge is -2.32. The molecule has 0 heterocycles. The smallest absolute Gasteiger partial charge is 0.0129 e. The topological polar surface area (TPSA) is 12.0 Å². The lowest BCUT2D eigenvalue weighted by molar-refractivity contribution is 0.235. The number of rotatable bonds is 4. The van der Waals surface area contributed by atoms with E-state index in [-0.39, 0.29) is 0 Å². The van der Waals surface area contributed by atoms with Gasteiger partial charge in [-0.15, -0.1) is 6.58 Å². The summed E-state index contributed by atoms with van der Waals surface area (Å²) in [6.45, 7) is 8.53. The maximum Gasteiger partial charge on any atom is 0.0129 e. The van der Waals surface area contributed by atoms with Crippen molar-refractivity contribution in [1.29, 1.82) is 0 Å². The van der Waals surface area contributed by atoms with Crippen molar-refractivity contribution in [1.82, 2.24) is 5.32 Å². The first-order chi connectivity index (χ1) is 6.63. The van der Waals surface area contributed by atoms with Gasteiger partial charge in [0.25, 0.3) is 0 Å². The Morgan fingerprint density at radius 2 is 1.93 bits per heavy atom. The molecule has 0 bridgehead atoms. The minimum absolute atomic E-state index is 0.667. The molecule has 1 heteroatoms. The third kappa shape index (κ3) is 3.45. The van der Waals surface area contributed by atoms with Gasteiger partial charge in [0.15, 0.2) is 0 Å². The highest BCUT2D eigenvalue weighted by atomic mass is 14.9. The van der Waals surface area contributed by atoms with Crippen LogP contribution >= 0.6 is 0 Å². The summed E-state index contributed by atoms with van der Waals surface area (Å²) in [4.78, 5) is 0. The van der Waals surface area contributed by atoms with Crippen LogP contribution < -0.4 is 5.32 Å². The Labute approximate surface area is 89.0 Å². The van der Waals surface area contributed by atoms with E-state index < -0.39 is 0 Å². The van der Waals surface area contributed by atoms with Crippen molar-refractivity contribution in [2.45, 2.75) is 52.0 Å². The van der Waals surface area contributed by atoms with Crippen LogP contribution in [0.25, 0.3) is 0 Å². The molecule has 1 atom stereocenters. The molecular weight excluding hydrogens is 170 g/mol. The average Bonchev–Trinajstić information content (AvgIpc) is 2.15. The molecule has 0 aromatic heterocycles. The molecule has 1 fully saturated rings. The normalized spacial score (nSPS) is 29.9. The first kappa shape index (κ1) is 11.8. The van der Waals surface area contributed by atoms with E-state index in [9.17, 15) is 0 Å². The molecule has 1 unspecified atom stereocenters. The Kier molecular flexibility index (Phi) is 4.67. The van der Waals surface area contributed by atoms with E-state index in [1.165, 1.54) is 31.3 Å². The van der Waals surface area contributed by atoms with Crippen LogP contribution in [-0.2, 0) is 0 Å². The van der Waals surface area contributed by atoms with Gasteiger partial charge in [0.1, 0.15) is 0 Å². The van der Waals surface area contributed by atoms with Gasteiger partial charge in [-0.25, -0.2) is 0 Å². The van der Waals surface area contributed by atoms with Crippen LogP contribution in [0.3, 0.4) is 0 Å². The van der Waals surface area contributed by atoms with Gasteiger partial charge in [-0.1, -0.05) is 25.3 Å². The first-order valence-corrected chi connectivity index (χ1v) is 5.95. The molecule has 0 aliphatic heterocycles. The summed E-state index contributed by atoms with van der Waals surface area (Å²) in [5, 5.41) is 3.46. The van der Waals surface area contributed by atoms with E-state index in [0.29, 0.717) is 6.04 Å². The predicted octanol–water partition coefficient (Wildman–Crippen LogP) is 3.37. The summed E-state index contributed by atoms with van der Waals surface area (Å²) in [5.41, 5.74) is 1.31. The van der Waals surface area contributed by atoms with Gasteiger partial charge >= 0.3 is 0 Å². The van der Waals surface area contributed by atoms with E-state index in [4.69, 9.17) is 0 Å². The second-order valence-electron chi connectivity index (χ2n) is 5.08. The highest BCUT2D eigenvalue weighted by Gasteiger charge is 2.24. The summed E-state index contributed by atoms with van der Waals surface area (Å²) in [6.07, 6.45) is 6.79. The van der Waals surface area contributed by atoms with Gasteiger partial charge in [-0.2, -0.15) is 0 Å². The molecule has 0 amide bonds. The molecule has 14 heavy (non-hydrogen) atoms. The minimum atomic E-state index is 0.667. The van der Waals surface area contributed by atoms with Crippen molar-refractivity contribution in [2.24, 2.45) is 11.8 Å². The number of hydrogen-bond acceptors (Lipinski definition) is 1. The number of nitrogens with one attached hydrogen (secondary N) is 1. The summed E-state index contributed by atoms with van der Waals surface area (Å²) >= 11 is 0. The molecule has 82 valence electrons. The Morgan fingerprint density at radius 1 is 1.36 bits per heavy atom. The molecule has 0 saturated heterocycles. The summed E-state index contributed by atoms with van der Waals surface area (Å²) < 4.78 is 0. The van der Waals surface area contributed by atoms with Crippen molar-refractivity contribution >= 4 is 0 Å². The molecule has 1 rings (SSSR count). The van der Waals surface area contributed by atoms with Crippen molar-refractivity contribution in [3.8, 4) is 0 Å². The van der Waals surface area contributed by atoms with Crippen LogP contribution in [0, 0.1) is 11.8 Å². The monoisotopic (exact) mass is 195 g/mol. The molecule has 1 nitrogen and oxygen atoms in total. The zero-order valence-electron chi connectivity index (χ0n) is 9.97. The zero-order valence-corrected chi connectivity index (χ0v) is 9.97. The van der Waals surface area contributed by atoms with Crippen LogP contribution in [0.2, 0.25) is 0 Å². The van der Waals surface area contributed by atoms with Gasteiger partial charge < -0.3 is 5.32 Å². The molecule has 0 spiro atoms. The Balaban J connectivity index is 2.40. The number of hydrogen-bond donors (Lipinski definition) is 1. The molecule has 1 aliphatic carbocycles. The molecule has 1 saturated carbocycles. The molecule has 1 aliphatic rings. The Hall–Kier alpha value is -0.300. The molecular formula is C13H25N. The fraction of sp³-hybridized carbons (Fsp3) is 0.846. The molecule has 0 aromatic rings. The van der Waals surface area contributed by atoms with Crippen LogP contribution in [0.15, 0.2) is 12.2 Å². The van der Waals surface area contributed by atoms with Gasteiger partial charge in [-0.3, -0.25) is 0 Å². The maximum absolute atomic E-state index is 4.01. The van der Waals surface area contributed by atoms with E-state index in [2.05, 4.69) is 32.8 Å². The average molecular weight is 195 g/mol. The maximum atomic E-state index is 4.01. The van der Waals surface area contributed by atoms with Crippen molar-refractivity contribution < 1.29 is 0 Å². The zero-order chi connectivity index (χ0) is 10.6. The highest BCUT2D eigenvalue weighted by molar-refractivity contribution is 4.95. The van der Waals surface area contributed by atoms with Crippen molar-refractivity contribution in [2.75, 3.05) is 7.05 Å². The van der Waals surface area contributed by atoms with Gasteiger partial charge in [0.2, 0.25) is 0 Å². The van der Waals surface area contributed by atoms with E-state index in [1.54, 1.807) is 0 Å².